The lowest BCUT2D eigenvalue weighted by atomic mass is 9.94. The molecule has 0 saturated carbocycles. The molecule has 1 atom stereocenters. The van der Waals surface area contributed by atoms with Crippen LogP contribution in [0.1, 0.15) is 18.1 Å². The van der Waals surface area contributed by atoms with Crippen molar-refractivity contribution in [2.45, 2.75) is 20.3 Å². The molecule has 0 spiro atoms. The Morgan fingerprint density at radius 3 is 2.89 bits per heavy atom. The summed E-state index contributed by atoms with van der Waals surface area (Å²) in [5.74, 6) is 1.52. The number of nitrogens with zero attached hydrogens (tertiary/aromatic N) is 3. The van der Waals surface area contributed by atoms with Gasteiger partial charge in [0.2, 0.25) is 0 Å². The average molecular weight is 274 g/mol. The third kappa shape index (κ3) is 2.19. The average Bonchev–Trinajstić information content (AvgIpc) is 2.41. The molecule has 0 aliphatic carbocycles. The van der Waals surface area contributed by atoms with E-state index in [0.717, 1.165) is 24.3 Å². The summed E-state index contributed by atoms with van der Waals surface area (Å²) in [6.07, 6.45) is 2.65. The van der Waals surface area contributed by atoms with Crippen LogP contribution in [-0.2, 0) is 6.42 Å². The van der Waals surface area contributed by atoms with Crippen molar-refractivity contribution in [3.05, 3.63) is 46.9 Å². The van der Waals surface area contributed by atoms with Crippen molar-refractivity contribution < 1.29 is 0 Å². The fourth-order valence-corrected chi connectivity index (χ4v) is 2.82. The molecule has 2 aromatic rings. The van der Waals surface area contributed by atoms with E-state index >= 15 is 0 Å². The minimum absolute atomic E-state index is 0.528. The van der Waals surface area contributed by atoms with Gasteiger partial charge in [0.1, 0.15) is 17.3 Å². The lowest BCUT2D eigenvalue weighted by Gasteiger charge is -2.34. The van der Waals surface area contributed by atoms with Crippen molar-refractivity contribution >= 4 is 23.1 Å². The molecule has 1 aliphatic rings. The van der Waals surface area contributed by atoms with Crippen LogP contribution in [0.4, 0.5) is 11.5 Å². The van der Waals surface area contributed by atoms with Crippen molar-refractivity contribution in [1.82, 2.24) is 9.97 Å². The number of aromatic nitrogens is 2. The number of rotatable bonds is 1. The quantitative estimate of drug-likeness (QED) is 0.741. The van der Waals surface area contributed by atoms with Gasteiger partial charge in [0.15, 0.2) is 0 Å². The van der Waals surface area contributed by atoms with Crippen molar-refractivity contribution in [1.29, 1.82) is 0 Å². The second-order valence-corrected chi connectivity index (χ2v) is 5.52. The molecule has 0 amide bonds. The maximum absolute atomic E-state index is 6.12. The fraction of sp³-hybridized carbons (Fsp3) is 0.333. The minimum Gasteiger partial charge on any atom is -0.325 e. The Bertz CT molecular complexity index is 612. The number of anilines is 2. The highest BCUT2D eigenvalue weighted by Gasteiger charge is 2.24. The van der Waals surface area contributed by atoms with Crippen LogP contribution >= 0.6 is 11.6 Å². The molecule has 98 valence electrons. The molecule has 3 nitrogen and oxygen atoms in total. The molecule has 0 saturated heterocycles. The van der Waals surface area contributed by atoms with E-state index in [1.807, 2.05) is 6.92 Å². The number of hydrogen-bond acceptors (Lipinski definition) is 3. The number of fused-ring (bicyclic) bond motifs is 1. The third-order valence-corrected chi connectivity index (χ3v) is 3.98. The van der Waals surface area contributed by atoms with E-state index < -0.39 is 0 Å². The number of benzene rings is 1. The van der Waals surface area contributed by atoms with Crippen LogP contribution in [0, 0.1) is 12.8 Å². The van der Waals surface area contributed by atoms with Crippen LogP contribution in [0.2, 0.25) is 5.15 Å². The Balaban J connectivity index is 2.13. The van der Waals surface area contributed by atoms with Gasteiger partial charge in [-0.3, -0.25) is 0 Å². The van der Waals surface area contributed by atoms with Crippen LogP contribution < -0.4 is 4.90 Å². The van der Waals surface area contributed by atoms with Gasteiger partial charge in [0.05, 0.1) is 0 Å². The zero-order valence-electron chi connectivity index (χ0n) is 11.1. The predicted octanol–water partition coefficient (Wildman–Crippen LogP) is 3.77. The molecule has 1 aromatic heterocycles. The van der Waals surface area contributed by atoms with Gasteiger partial charge in [-0.25, -0.2) is 9.97 Å². The van der Waals surface area contributed by atoms with Crippen LogP contribution in [0.5, 0.6) is 0 Å². The molecular weight excluding hydrogens is 258 g/mol. The number of hydrogen-bond donors (Lipinski definition) is 0. The lowest BCUT2D eigenvalue weighted by molar-refractivity contribution is 0.559. The first-order valence-electron chi connectivity index (χ1n) is 6.49. The van der Waals surface area contributed by atoms with Crippen molar-refractivity contribution in [2.75, 3.05) is 11.4 Å². The number of halogens is 1. The molecule has 19 heavy (non-hydrogen) atoms. The van der Waals surface area contributed by atoms with Crippen molar-refractivity contribution in [3.8, 4) is 0 Å². The van der Waals surface area contributed by atoms with E-state index in [-0.39, 0.29) is 0 Å². The van der Waals surface area contributed by atoms with E-state index in [2.05, 4.69) is 46.1 Å². The maximum atomic E-state index is 6.12. The predicted molar refractivity (Wildman–Crippen MR) is 78.1 cm³/mol. The van der Waals surface area contributed by atoms with Crippen LogP contribution in [-0.4, -0.2) is 16.5 Å². The Morgan fingerprint density at radius 2 is 2.05 bits per heavy atom. The van der Waals surface area contributed by atoms with Crippen LogP contribution in [0.3, 0.4) is 0 Å². The summed E-state index contributed by atoms with van der Waals surface area (Å²) in [5.41, 5.74) is 3.54. The zero-order chi connectivity index (χ0) is 13.4. The normalized spacial score (nSPS) is 18.3. The largest absolute Gasteiger partial charge is 0.325 e. The van der Waals surface area contributed by atoms with Gasteiger partial charge < -0.3 is 4.90 Å². The minimum atomic E-state index is 0.528. The Hall–Kier alpha value is -1.61. The van der Waals surface area contributed by atoms with Crippen LogP contribution in [0.15, 0.2) is 30.6 Å². The van der Waals surface area contributed by atoms with Crippen LogP contribution in [0.25, 0.3) is 0 Å². The second kappa shape index (κ2) is 4.82. The van der Waals surface area contributed by atoms with Gasteiger partial charge in [-0.1, -0.05) is 36.7 Å². The molecule has 4 heteroatoms. The molecule has 2 heterocycles. The van der Waals surface area contributed by atoms with E-state index in [0.29, 0.717) is 11.1 Å². The maximum Gasteiger partial charge on any atom is 0.140 e. The Labute approximate surface area is 118 Å². The van der Waals surface area contributed by atoms with Crippen molar-refractivity contribution in [3.63, 3.8) is 0 Å². The monoisotopic (exact) mass is 273 g/mol. The van der Waals surface area contributed by atoms with Gasteiger partial charge >= 0.3 is 0 Å². The lowest BCUT2D eigenvalue weighted by Crippen LogP contribution is -2.31. The fourth-order valence-electron chi connectivity index (χ4n) is 2.69. The van der Waals surface area contributed by atoms with E-state index in [1.165, 1.54) is 17.6 Å². The summed E-state index contributed by atoms with van der Waals surface area (Å²) in [5, 5.41) is 0.528. The molecule has 3 rings (SSSR count). The molecule has 1 aliphatic heterocycles. The SMILES string of the molecule is Cc1c(Cl)ncnc1N1CC(C)Cc2ccccc21. The van der Waals surface area contributed by atoms with E-state index in [4.69, 9.17) is 11.6 Å². The molecular formula is C15H16ClN3. The first-order chi connectivity index (χ1) is 9.16. The highest BCUT2D eigenvalue weighted by molar-refractivity contribution is 6.30. The first kappa shape index (κ1) is 12.4. The Kier molecular flexibility index (Phi) is 3.15. The molecule has 0 N–H and O–H groups in total. The first-order valence-corrected chi connectivity index (χ1v) is 6.87. The van der Waals surface area contributed by atoms with Gasteiger partial charge in [0.25, 0.3) is 0 Å². The van der Waals surface area contributed by atoms with Gasteiger partial charge in [-0.2, -0.15) is 0 Å². The highest BCUT2D eigenvalue weighted by atomic mass is 35.5. The molecule has 1 unspecified atom stereocenters. The van der Waals surface area contributed by atoms with Crippen molar-refractivity contribution in [2.24, 2.45) is 5.92 Å². The summed E-state index contributed by atoms with van der Waals surface area (Å²) in [6, 6.07) is 8.50. The summed E-state index contributed by atoms with van der Waals surface area (Å²) in [7, 11) is 0. The molecule has 0 fully saturated rings. The third-order valence-electron chi connectivity index (χ3n) is 3.60. The standard InChI is InChI=1S/C15H16ClN3/c1-10-7-12-5-3-4-6-13(12)19(8-10)15-11(2)14(16)17-9-18-15/h3-6,9-10H,7-8H2,1-2H3. The zero-order valence-corrected chi connectivity index (χ0v) is 11.9. The summed E-state index contributed by atoms with van der Waals surface area (Å²) in [6.45, 7) is 5.20. The smallest absolute Gasteiger partial charge is 0.140 e. The van der Waals surface area contributed by atoms with Gasteiger partial charge in [-0.15, -0.1) is 0 Å². The van der Waals surface area contributed by atoms with E-state index in [1.54, 1.807) is 0 Å². The van der Waals surface area contributed by atoms with E-state index in [9.17, 15) is 0 Å². The molecule has 0 radical (unpaired) electrons. The summed E-state index contributed by atoms with van der Waals surface area (Å²) < 4.78 is 0. The van der Waals surface area contributed by atoms with Gasteiger partial charge in [-0.05, 0) is 30.9 Å². The Morgan fingerprint density at radius 1 is 1.26 bits per heavy atom. The topological polar surface area (TPSA) is 29.0 Å². The molecule has 1 aromatic carbocycles. The molecule has 0 bridgehead atoms. The summed E-state index contributed by atoms with van der Waals surface area (Å²) in [4.78, 5) is 10.7. The summed E-state index contributed by atoms with van der Waals surface area (Å²) >= 11 is 6.12. The number of para-hydroxylation sites is 1. The van der Waals surface area contributed by atoms with Gasteiger partial charge in [0, 0.05) is 17.8 Å². The highest BCUT2D eigenvalue weighted by Crippen LogP contribution is 2.36. The second-order valence-electron chi connectivity index (χ2n) is 5.16.